The Kier molecular flexibility index (Phi) is 4.07. The van der Waals surface area contributed by atoms with Gasteiger partial charge in [0.15, 0.2) is 0 Å². The van der Waals surface area contributed by atoms with Gasteiger partial charge in [0, 0.05) is 47.4 Å². The third kappa shape index (κ3) is 2.75. The Labute approximate surface area is 238 Å². The second kappa shape index (κ2) is 7.72. The maximum Gasteiger partial charge on any atom is 0.146 e. The topological polar surface area (TPSA) is 22.2 Å². The molecule has 3 nitrogen and oxygen atoms in total. The number of para-hydroxylation sites is 4. The zero-order valence-electron chi connectivity index (χ0n) is 21.9. The molecule has 0 N–H and O–H groups in total. The van der Waals surface area contributed by atoms with Crippen LogP contribution in [0.1, 0.15) is 0 Å². The van der Waals surface area contributed by atoms with Crippen LogP contribution in [0.3, 0.4) is 0 Å². The Morgan fingerprint density at radius 3 is 2.07 bits per heavy atom. The standard InChI is InChI=1S/C37H21N3S/c1-2-10-22(11-3-1)39-29-15-7-4-13-24(29)35-31(39)18-19-32-36(35)26-20-25-23-12-5-9-17-33(23)41-34(25)21-27(26)37-38-28-14-6-8-16-30(28)40(32)37/h1-21H. The smallest absolute Gasteiger partial charge is 0.146 e. The number of hydrogen-bond acceptors (Lipinski definition) is 2. The number of aromatic nitrogens is 3. The number of nitrogens with zero attached hydrogens (tertiary/aromatic N) is 3. The van der Waals surface area contributed by atoms with Crippen LogP contribution in [0.15, 0.2) is 127 Å². The van der Waals surface area contributed by atoms with Crippen LogP contribution in [0.5, 0.6) is 0 Å². The van der Waals surface area contributed by atoms with Crippen molar-refractivity contribution in [2.45, 2.75) is 0 Å². The minimum atomic E-state index is 1.01. The molecule has 0 saturated carbocycles. The Hall–Kier alpha value is -5.19. The number of pyridine rings is 1. The molecule has 0 radical (unpaired) electrons. The van der Waals surface area contributed by atoms with Crippen LogP contribution in [0.2, 0.25) is 0 Å². The molecule has 10 rings (SSSR count). The Balaban J connectivity index is 1.54. The van der Waals surface area contributed by atoms with Gasteiger partial charge >= 0.3 is 0 Å². The molecular formula is C37H21N3S. The minimum absolute atomic E-state index is 1.01. The summed E-state index contributed by atoms with van der Waals surface area (Å²) in [4.78, 5) is 5.21. The molecule has 0 saturated heterocycles. The van der Waals surface area contributed by atoms with Gasteiger partial charge in [-0.15, -0.1) is 11.3 Å². The van der Waals surface area contributed by atoms with E-state index >= 15 is 0 Å². The number of rotatable bonds is 1. The molecule has 190 valence electrons. The quantitative estimate of drug-likeness (QED) is 0.190. The number of imidazole rings is 1. The SMILES string of the molecule is c1ccc(-n2c3ccccc3c3c4c5cc6c(cc5c5nc7ccccc7n5c4ccc32)sc2ccccc26)cc1. The van der Waals surface area contributed by atoms with Crippen molar-refractivity contribution < 1.29 is 0 Å². The van der Waals surface area contributed by atoms with Crippen molar-refractivity contribution >= 4 is 91.7 Å². The number of thiophene rings is 1. The molecule has 6 aromatic carbocycles. The normalized spacial score (nSPS) is 12.4. The van der Waals surface area contributed by atoms with Gasteiger partial charge in [-0.1, -0.05) is 66.7 Å². The van der Waals surface area contributed by atoms with E-state index in [1.807, 2.05) is 11.3 Å². The van der Waals surface area contributed by atoms with Gasteiger partial charge in [0.2, 0.25) is 0 Å². The van der Waals surface area contributed by atoms with E-state index in [-0.39, 0.29) is 0 Å². The van der Waals surface area contributed by atoms with Crippen LogP contribution < -0.4 is 0 Å². The van der Waals surface area contributed by atoms with E-state index < -0.39 is 0 Å². The summed E-state index contributed by atoms with van der Waals surface area (Å²) in [5.41, 5.74) is 7.95. The number of benzene rings is 6. The molecule has 41 heavy (non-hydrogen) atoms. The summed E-state index contributed by atoms with van der Waals surface area (Å²) in [7, 11) is 0. The Bertz CT molecular complexity index is 2690. The molecule has 0 atom stereocenters. The molecule has 0 aliphatic carbocycles. The highest BCUT2D eigenvalue weighted by Gasteiger charge is 2.21. The van der Waals surface area contributed by atoms with E-state index in [4.69, 9.17) is 4.98 Å². The van der Waals surface area contributed by atoms with Crippen molar-refractivity contribution in [1.29, 1.82) is 0 Å². The fraction of sp³-hybridized carbons (Fsp3) is 0. The summed E-state index contributed by atoms with van der Waals surface area (Å²) in [5.74, 6) is 0. The van der Waals surface area contributed by atoms with Gasteiger partial charge in [0.1, 0.15) is 5.65 Å². The molecular weight excluding hydrogens is 518 g/mol. The van der Waals surface area contributed by atoms with Crippen molar-refractivity contribution in [3.05, 3.63) is 127 Å². The van der Waals surface area contributed by atoms with E-state index in [0.29, 0.717) is 0 Å². The van der Waals surface area contributed by atoms with E-state index in [1.54, 1.807) is 0 Å². The molecule has 4 aromatic heterocycles. The first-order chi connectivity index (χ1) is 20.3. The van der Waals surface area contributed by atoms with Crippen LogP contribution >= 0.6 is 11.3 Å². The average Bonchev–Trinajstić information content (AvgIpc) is 3.70. The van der Waals surface area contributed by atoms with Crippen LogP contribution in [0.4, 0.5) is 0 Å². The van der Waals surface area contributed by atoms with E-state index in [2.05, 4.69) is 136 Å². The van der Waals surface area contributed by atoms with Crippen LogP contribution in [-0.2, 0) is 0 Å². The van der Waals surface area contributed by atoms with E-state index in [9.17, 15) is 0 Å². The summed E-state index contributed by atoms with van der Waals surface area (Å²) in [6.45, 7) is 0. The van der Waals surface area contributed by atoms with Crippen molar-refractivity contribution in [2.75, 3.05) is 0 Å². The molecule has 0 bridgehead atoms. The molecule has 0 aliphatic heterocycles. The lowest BCUT2D eigenvalue weighted by Crippen LogP contribution is -1.95. The number of hydrogen-bond donors (Lipinski definition) is 0. The fourth-order valence-electron chi connectivity index (χ4n) is 6.98. The molecule has 0 fully saturated rings. The zero-order valence-corrected chi connectivity index (χ0v) is 22.7. The summed E-state index contributed by atoms with van der Waals surface area (Å²) < 4.78 is 7.40. The van der Waals surface area contributed by atoms with Crippen LogP contribution in [-0.4, -0.2) is 14.0 Å². The number of fused-ring (bicyclic) bond motifs is 15. The van der Waals surface area contributed by atoms with Gasteiger partial charge < -0.3 is 4.57 Å². The molecule has 0 spiro atoms. The van der Waals surface area contributed by atoms with Crippen molar-refractivity contribution in [1.82, 2.24) is 14.0 Å². The highest BCUT2D eigenvalue weighted by molar-refractivity contribution is 7.25. The summed E-state index contributed by atoms with van der Waals surface area (Å²) in [5, 5.41) is 8.88. The molecule has 4 heteroatoms. The average molecular weight is 540 g/mol. The third-order valence-electron chi connectivity index (χ3n) is 8.66. The predicted octanol–water partition coefficient (Wildman–Crippen LogP) is 10.3. The van der Waals surface area contributed by atoms with Crippen molar-refractivity contribution in [3.63, 3.8) is 0 Å². The summed E-state index contributed by atoms with van der Waals surface area (Å²) >= 11 is 1.86. The first-order valence-electron chi connectivity index (χ1n) is 13.9. The van der Waals surface area contributed by atoms with Gasteiger partial charge in [-0.3, -0.25) is 4.40 Å². The fourth-order valence-corrected chi connectivity index (χ4v) is 8.10. The first kappa shape index (κ1) is 21.6. The summed E-state index contributed by atoms with van der Waals surface area (Å²) in [6, 6.07) is 46.2. The highest BCUT2D eigenvalue weighted by Crippen LogP contribution is 2.44. The summed E-state index contributed by atoms with van der Waals surface area (Å²) in [6.07, 6.45) is 0. The Morgan fingerprint density at radius 2 is 1.17 bits per heavy atom. The van der Waals surface area contributed by atoms with Crippen LogP contribution in [0.25, 0.3) is 86.0 Å². The van der Waals surface area contributed by atoms with Gasteiger partial charge in [0.05, 0.1) is 27.6 Å². The largest absolute Gasteiger partial charge is 0.309 e. The van der Waals surface area contributed by atoms with Gasteiger partial charge in [-0.25, -0.2) is 4.98 Å². The monoisotopic (exact) mass is 539 g/mol. The maximum absolute atomic E-state index is 5.21. The van der Waals surface area contributed by atoms with Crippen molar-refractivity contribution in [3.8, 4) is 5.69 Å². The van der Waals surface area contributed by atoms with Gasteiger partial charge in [-0.05, 0) is 66.0 Å². The van der Waals surface area contributed by atoms with Gasteiger partial charge in [0.25, 0.3) is 0 Å². The minimum Gasteiger partial charge on any atom is -0.309 e. The van der Waals surface area contributed by atoms with E-state index in [0.717, 1.165) is 16.7 Å². The predicted molar refractivity (Wildman–Crippen MR) is 175 cm³/mol. The molecule has 4 heterocycles. The first-order valence-corrected chi connectivity index (χ1v) is 14.7. The molecule has 0 amide bonds. The lowest BCUT2D eigenvalue weighted by molar-refractivity contribution is 1.18. The maximum atomic E-state index is 5.21. The lowest BCUT2D eigenvalue weighted by Gasteiger charge is -2.12. The lowest BCUT2D eigenvalue weighted by atomic mass is 9.99. The molecule has 0 unspecified atom stereocenters. The third-order valence-corrected chi connectivity index (χ3v) is 9.79. The van der Waals surface area contributed by atoms with Crippen molar-refractivity contribution in [2.24, 2.45) is 0 Å². The molecule has 0 aliphatic rings. The zero-order chi connectivity index (χ0) is 26.7. The van der Waals surface area contributed by atoms with E-state index in [1.165, 1.54) is 69.3 Å². The molecule has 10 aromatic rings. The second-order valence-electron chi connectivity index (χ2n) is 10.8. The highest BCUT2D eigenvalue weighted by atomic mass is 32.1. The van der Waals surface area contributed by atoms with Gasteiger partial charge in [-0.2, -0.15) is 0 Å². The second-order valence-corrected chi connectivity index (χ2v) is 11.9. The Morgan fingerprint density at radius 1 is 0.463 bits per heavy atom. The van der Waals surface area contributed by atoms with Crippen LogP contribution in [0, 0.1) is 0 Å².